The molecule has 0 amide bonds. The van der Waals surface area contributed by atoms with Crippen molar-refractivity contribution in [2.45, 2.75) is 9.36 Å². The Kier molecular flexibility index (Phi) is 4.99. The topological polar surface area (TPSA) is 35.5 Å². The molecular weight excluding hydrogens is 298 g/mol. The fourth-order valence-electron chi connectivity index (χ4n) is 0.760. The minimum absolute atomic E-state index is 0.306. The molecule has 0 spiro atoms. The first-order chi connectivity index (χ1) is 7.39. The summed E-state index contributed by atoms with van der Waals surface area (Å²) in [6, 6.07) is 8.29. The Balaban J connectivity index is 2.49. The average molecular weight is 304 g/mol. The molecule has 1 aromatic rings. The average Bonchev–Trinajstić information content (AvgIpc) is 2.17. The maximum atomic E-state index is 11.2. The van der Waals surface area contributed by atoms with Crippen molar-refractivity contribution in [1.82, 2.24) is 0 Å². The summed E-state index contributed by atoms with van der Waals surface area (Å²) in [6.45, 7) is 0. The molecule has 1 aromatic carbocycles. The Morgan fingerprint density at radius 2 is 1.75 bits per heavy atom. The number of para-hydroxylation sites is 1. The van der Waals surface area contributed by atoms with E-state index in [1.807, 2.05) is 0 Å². The van der Waals surface area contributed by atoms with Crippen LogP contribution in [0, 0.1) is 0 Å². The molecule has 0 aliphatic heterocycles. The van der Waals surface area contributed by atoms with Crippen molar-refractivity contribution in [2.75, 3.05) is 0 Å². The summed E-state index contributed by atoms with van der Waals surface area (Å²) >= 11 is 21.7. The molecule has 3 nitrogen and oxygen atoms in total. The van der Waals surface area contributed by atoms with Crippen molar-refractivity contribution in [2.24, 2.45) is 0 Å². The van der Waals surface area contributed by atoms with E-state index < -0.39 is 15.5 Å². The molecule has 0 aromatic heterocycles. The smallest absolute Gasteiger partial charge is 0.410 e. The summed E-state index contributed by atoms with van der Waals surface area (Å²) in [5.74, 6) is 0.306. The number of alkyl halides is 4. The molecule has 0 fully saturated rings. The maximum absolute atomic E-state index is 11.2. The zero-order chi connectivity index (χ0) is 12.2. The third kappa shape index (κ3) is 4.66. The Hall–Kier alpha value is -0.350. The third-order valence-corrected chi connectivity index (χ3v) is 2.75. The molecule has 0 heterocycles. The van der Waals surface area contributed by atoms with Crippen LogP contribution >= 0.6 is 46.4 Å². The van der Waals surface area contributed by atoms with E-state index >= 15 is 0 Å². The van der Waals surface area contributed by atoms with Gasteiger partial charge in [0.25, 0.3) is 0 Å². The van der Waals surface area contributed by atoms with E-state index in [0.29, 0.717) is 5.75 Å². The second-order valence-corrected chi connectivity index (χ2v) is 5.41. The van der Waals surface area contributed by atoms with E-state index in [2.05, 4.69) is 4.74 Å². The van der Waals surface area contributed by atoms with Gasteiger partial charge in [0.2, 0.25) is 9.36 Å². The van der Waals surface area contributed by atoms with Crippen LogP contribution in [-0.4, -0.2) is 15.5 Å². The molecule has 0 saturated carbocycles. The molecule has 0 N–H and O–H groups in total. The van der Waals surface area contributed by atoms with Gasteiger partial charge in [-0.2, -0.15) is 0 Å². The van der Waals surface area contributed by atoms with Gasteiger partial charge in [-0.15, -0.1) is 0 Å². The summed E-state index contributed by atoms with van der Waals surface area (Å²) in [6.07, 6.45) is -1.04. The first-order valence-electron chi connectivity index (χ1n) is 4.04. The molecule has 0 bridgehead atoms. The van der Waals surface area contributed by atoms with Crippen LogP contribution in [0.5, 0.6) is 5.75 Å². The van der Waals surface area contributed by atoms with Crippen molar-refractivity contribution in [3.8, 4) is 5.75 Å². The van der Waals surface area contributed by atoms with Crippen molar-refractivity contribution in [3.63, 3.8) is 0 Å². The Morgan fingerprint density at radius 1 is 1.19 bits per heavy atom. The Labute approximate surface area is 112 Å². The number of carbonyl (C=O) groups excluding carboxylic acids is 1. The summed E-state index contributed by atoms with van der Waals surface area (Å²) < 4.78 is 7.38. The highest BCUT2D eigenvalue weighted by Crippen LogP contribution is 2.34. The van der Waals surface area contributed by atoms with E-state index in [1.54, 1.807) is 30.3 Å². The minimum Gasteiger partial charge on any atom is -0.410 e. The number of ether oxygens (including phenoxy) is 2. The summed E-state index contributed by atoms with van der Waals surface area (Å²) in [7, 11) is 0. The lowest BCUT2D eigenvalue weighted by atomic mass is 10.3. The first-order valence-corrected chi connectivity index (χ1v) is 5.61. The van der Waals surface area contributed by atoms with Crippen molar-refractivity contribution in [3.05, 3.63) is 30.3 Å². The van der Waals surface area contributed by atoms with Crippen LogP contribution in [-0.2, 0) is 4.74 Å². The monoisotopic (exact) mass is 302 g/mol. The number of halogens is 4. The van der Waals surface area contributed by atoms with Crippen LogP contribution in [0.3, 0.4) is 0 Å². The lowest BCUT2D eigenvalue weighted by molar-refractivity contribution is 0.0882. The summed E-state index contributed by atoms with van der Waals surface area (Å²) in [4.78, 5) is 11.2. The zero-order valence-electron chi connectivity index (χ0n) is 7.70. The number of hydrogen-bond acceptors (Lipinski definition) is 3. The van der Waals surface area contributed by atoms with Crippen LogP contribution < -0.4 is 4.74 Å². The summed E-state index contributed by atoms with van der Waals surface area (Å²) in [5.41, 5.74) is -1.42. The van der Waals surface area contributed by atoms with Crippen LogP contribution in [0.25, 0.3) is 0 Å². The van der Waals surface area contributed by atoms with Gasteiger partial charge < -0.3 is 9.47 Å². The van der Waals surface area contributed by atoms with Gasteiger partial charge in [-0.05, 0) is 12.1 Å². The SMILES string of the molecule is O=C(Oc1ccccc1)OC(Cl)C(Cl)(Cl)Cl. The van der Waals surface area contributed by atoms with E-state index in [1.165, 1.54) is 0 Å². The minimum atomic E-state index is -1.91. The van der Waals surface area contributed by atoms with Gasteiger partial charge in [-0.1, -0.05) is 64.6 Å². The van der Waals surface area contributed by atoms with Gasteiger partial charge >= 0.3 is 6.16 Å². The van der Waals surface area contributed by atoms with E-state index in [9.17, 15) is 4.79 Å². The lowest BCUT2D eigenvalue weighted by Crippen LogP contribution is -2.27. The van der Waals surface area contributed by atoms with Gasteiger partial charge in [0, 0.05) is 0 Å². The number of carbonyl (C=O) groups is 1. The normalized spacial score (nSPS) is 13.0. The molecule has 1 unspecified atom stereocenters. The number of hydrogen-bond donors (Lipinski definition) is 0. The fraction of sp³-hybridized carbons (Fsp3) is 0.222. The van der Waals surface area contributed by atoms with Crippen molar-refractivity contribution in [1.29, 1.82) is 0 Å². The molecule has 0 aliphatic carbocycles. The highest BCUT2D eigenvalue weighted by Gasteiger charge is 2.34. The molecule has 0 aliphatic rings. The molecule has 0 radical (unpaired) electrons. The first kappa shape index (κ1) is 13.7. The molecule has 88 valence electrons. The van der Waals surface area contributed by atoms with Gasteiger partial charge in [0.1, 0.15) is 5.75 Å². The Morgan fingerprint density at radius 3 is 2.25 bits per heavy atom. The van der Waals surface area contributed by atoms with Gasteiger partial charge in [0.15, 0.2) is 0 Å². The van der Waals surface area contributed by atoms with Gasteiger partial charge in [0.05, 0.1) is 0 Å². The van der Waals surface area contributed by atoms with Gasteiger partial charge in [-0.3, -0.25) is 0 Å². The summed E-state index contributed by atoms with van der Waals surface area (Å²) in [5, 5.41) is 0. The quantitative estimate of drug-likeness (QED) is 0.468. The zero-order valence-corrected chi connectivity index (χ0v) is 10.7. The predicted molar refractivity (Wildman–Crippen MR) is 63.5 cm³/mol. The lowest BCUT2D eigenvalue weighted by Gasteiger charge is -2.17. The van der Waals surface area contributed by atoms with E-state index in [4.69, 9.17) is 51.1 Å². The molecule has 7 heteroatoms. The number of benzene rings is 1. The standard InChI is InChI=1S/C9H6Cl4O3/c10-7(9(11,12)13)16-8(14)15-6-4-2-1-3-5-6/h1-5,7H. The van der Waals surface area contributed by atoms with Crippen molar-refractivity contribution < 1.29 is 14.3 Å². The highest BCUT2D eigenvalue weighted by molar-refractivity contribution is 6.70. The fourth-order valence-corrected chi connectivity index (χ4v) is 0.966. The van der Waals surface area contributed by atoms with Gasteiger partial charge in [-0.25, -0.2) is 4.79 Å². The molecule has 1 atom stereocenters. The molecule has 1 rings (SSSR count). The largest absolute Gasteiger partial charge is 0.515 e. The maximum Gasteiger partial charge on any atom is 0.515 e. The predicted octanol–water partition coefficient (Wildman–Crippen LogP) is 4.14. The second kappa shape index (κ2) is 5.82. The number of rotatable bonds is 2. The second-order valence-electron chi connectivity index (χ2n) is 2.64. The van der Waals surface area contributed by atoms with Crippen LogP contribution in [0.4, 0.5) is 4.79 Å². The third-order valence-electron chi connectivity index (χ3n) is 1.40. The van der Waals surface area contributed by atoms with E-state index in [0.717, 1.165) is 0 Å². The molecular formula is C9H6Cl4O3. The Bertz CT molecular complexity index is 350. The van der Waals surface area contributed by atoms with E-state index in [-0.39, 0.29) is 0 Å². The molecule has 0 saturated heterocycles. The van der Waals surface area contributed by atoms with Crippen LogP contribution in [0.1, 0.15) is 0 Å². The van der Waals surface area contributed by atoms with Crippen molar-refractivity contribution >= 4 is 52.6 Å². The molecule has 16 heavy (non-hydrogen) atoms. The highest BCUT2D eigenvalue weighted by atomic mass is 35.6. The van der Waals surface area contributed by atoms with Crippen LogP contribution in [0.2, 0.25) is 0 Å². The van der Waals surface area contributed by atoms with Crippen LogP contribution in [0.15, 0.2) is 30.3 Å².